The molecule has 0 aliphatic carbocycles. The molecule has 26 heavy (non-hydrogen) atoms. The molecular formula is C20H26N4OS. The fraction of sp³-hybridized carbons (Fsp3) is 0.350. The zero-order chi connectivity index (χ0) is 18.8. The molecule has 0 bridgehead atoms. The minimum Gasteiger partial charge on any atom is -0.481 e. The van der Waals surface area contributed by atoms with Crippen LogP contribution in [-0.4, -0.2) is 36.7 Å². The molecular weight excluding hydrogens is 344 g/mol. The van der Waals surface area contributed by atoms with Crippen LogP contribution in [0.1, 0.15) is 25.8 Å². The van der Waals surface area contributed by atoms with Crippen molar-refractivity contribution in [3.63, 3.8) is 0 Å². The van der Waals surface area contributed by atoms with E-state index in [4.69, 9.17) is 4.74 Å². The van der Waals surface area contributed by atoms with Crippen LogP contribution in [0.5, 0.6) is 5.88 Å². The topological polar surface area (TPSA) is 58.9 Å². The lowest BCUT2D eigenvalue weighted by Crippen LogP contribution is -2.28. The highest BCUT2D eigenvalue weighted by Gasteiger charge is 2.14. The zero-order valence-corrected chi connectivity index (χ0v) is 16.6. The average molecular weight is 371 g/mol. The Morgan fingerprint density at radius 1 is 1.35 bits per heavy atom. The molecule has 2 rings (SSSR count). The number of nitrogens with zero attached hydrogens (tertiary/aromatic N) is 3. The SMILES string of the molecule is CN=C(/C=C\Cc1ccsc1)CC=NC(C)(C)Nc1ccc(OC)nc1. The molecule has 0 aliphatic heterocycles. The fourth-order valence-corrected chi connectivity index (χ4v) is 2.98. The fourth-order valence-electron chi connectivity index (χ4n) is 2.30. The van der Waals surface area contributed by atoms with E-state index in [2.05, 4.69) is 49.3 Å². The second-order valence-corrected chi connectivity index (χ2v) is 7.02. The first-order chi connectivity index (χ1) is 12.5. The summed E-state index contributed by atoms with van der Waals surface area (Å²) in [5.41, 5.74) is 2.79. The molecule has 0 fully saturated rings. The molecule has 2 aromatic rings. The molecule has 0 amide bonds. The van der Waals surface area contributed by atoms with Crippen LogP contribution in [0, 0.1) is 0 Å². The number of hydrogen-bond donors (Lipinski definition) is 1. The van der Waals surface area contributed by atoms with E-state index in [1.165, 1.54) is 5.56 Å². The highest BCUT2D eigenvalue weighted by atomic mass is 32.1. The molecule has 0 radical (unpaired) electrons. The van der Waals surface area contributed by atoms with E-state index in [1.54, 1.807) is 24.6 Å². The number of ether oxygens (including phenoxy) is 1. The maximum absolute atomic E-state index is 5.07. The maximum atomic E-state index is 5.07. The van der Waals surface area contributed by atoms with Crippen molar-refractivity contribution in [1.82, 2.24) is 4.98 Å². The molecule has 6 heteroatoms. The van der Waals surface area contributed by atoms with Crippen LogP contribution >= 0.6 is 11.3 Å². The minimum absolute atomic E-state index is 0.435. The third-order valence-electron chi connectivity index (χ3n) is 3.64. The van der Waals surface area contributed by atoms with E-state index >= 15 is 0 Å². The van der Waals surface area contributed by atoms with Crippen LogP contribution < -0.4 is 10.1 Å². The molecule has 2 heterocycles. The number of aromatic nitrogens is 1. The monoisotopic (exact) mass is 370 g/mol. The van der Waals surface area contributed by atoms with Crippen LogP contribution in [0.25, 0.3) is 0 Å². The number of anilines is 1. The van der Waals surface area contributed by atoms with Gasteiger partial charge in [0.25, 0.3) is 0 Å². The van der Waals surface area contributed by atoms with Gasteiger partial charge < -0.3 is 10.1 Å². The predicted octanol–water partition coefficient (Wildman–Crippen LogP) is 4.63. The second kappa shape index (κ2) is 9.87. The molecule has 5 nitrogen and oxygen atoms in total. The van der Waals surface area contributed by atoms with Gasteiger partial charge in [0, 0.05) is 31.5 Å². The molecule has 1 N–H and O–H groups in total. The highest BCUT2D eigenvalue weighted by Crippen LogP contribution is 2.17. The standard InChI is InChI=1S/C20H26N4OS/c1-20(2,24-18-8-9-19(25-4)22-14-18)23-12-10-17(21-3)7-5-6-16-11-13-26-15-16/h5,7-9,11-15,24H,6,10H2,1-4H3/b7-5-,21-17?,23-12?. The Labute approximate surface area is 159 Å². The zero-order valence-electron chi connectivity index (χ0n) is 15.8. The first-order valence-electron chi connectivity index (χ1n) is 8.47. The predicted molar refractivity (Wildman–Crippen MR) is 112 cm³/mol. The molecule has 0 aromatic carbocycles. The van der Waals surface area contributed by atoms with Crippen molar-refractivity contribution in [2.24, 2.45) is 9.98 Å². The van der Waals surface area contributed by atoms with Crippen molar-refractivity contribution in [2.45, 2.75) is 32.4 Å². The van der Waals surface area contributed by atoms with Crippen LogP contribution in [-0.2, 0) is 6.42 Å². The summed E-state index contributed by atoms with van der Waals surface area (Å²) in [6.07, 6.45) is 9.48. The van der Waals surface area contributed by atoms with Gasteiger partial charge in [-0.2, -0.15) is 11.3 Å². The van der Waals surface area contributed by atoms with Crippen molar-refractivity contribution < 1.29 is 4.74 Å². The minimum atomic E-state index is -0.435. The van der Waals surface area contributed by atoms with E-state index in [1.807, 2.05) is 39.2 Å². The van der Waals surface area contributed by atoms with Crippen LogP contribution in [0.4, 0.5) is 5.69 Å². The molecule has 138 valence electrons. The third-order valence-corrected chi connectivity index (χ3v) is 4.37. The lowest BCUT2D eigenvalue weighted by Gasteiger charge is -2.22. The van der Waals surface area contributed by atoms with E-state index in [0.29, 0.717) is 12.3 Å². The molecule has 0 saturated carbocycles. The Morgan fingerprint density at radius 2 is 2.19 bits per heavy atom. The number of thiophene rings is 1. The van der Waals surface area contributed by atoms with E-state index < -0.39 is 5.66 Å². The second-order valence-electron chi connectivity index (χ2n) is 6.24. The summed E-state index contributed by atoms with van der Waals surface area (Å²) < 4.78 is 5.07. The molecule has 0 aliphatic rings. The van der Waals surface area contributed by atoms with Gasteiger partial charge in [-0.3, -0.25) is 9.98 Å². The molecule has 0 saturated heterocycles. The van der Waals surface area contributed by atoms with E-state index in [9.17, 15) is 0 Å². The summed E-state index contributed by atoms with van der Waals surface area (Å²) in [4.78, 5) is 13.2. The van der Waals surface area contributed by atoms with Gasteiger partial charge in [-0.15, -0.1) is 0 Å². The van der Waals surface area contributed by atoms with Crippen molar-refractivity contribution in [2.75, 3.05) is 19.5 Å². The lowest BCUT2D eigenvalue weighted by atomic mass is 10.2. The van der Waals surface area contributed by atoms with Crippen LogP contribution in [0.2, 0.25) is 0 Å². The Kier molecular flexibility index (Phi) is 7.53. The first kappa shape index (κ1) is 19.8. The van der Waals surface area contributed by atoms with Crippen LogP contribution in [0.15, 0.2) is 57.3 Å². The van der Waals surface area contributed by atoms with Gasteiger partial charge in [0.2, 0.25) is 5.88 Å². The van der Waals surface area contributed by atoms with Crippen molar-refractivity contribution in [1.29, 1.82) is 0 Å². The third kappa shape index (κ3) is 6.80. The smallest absolute Gasteiger partial charge is 0.213 e. The summed E-state index contributed by atoms with van der Waals surface area (Å²) in [7, 11) is 3.41. The molecule has 0 atom stereocenters. The van der Waals surface area contributed by atoms with Gasteiger partial charge in [0.1, 0.15) is 5.66 Å². The maximum Gasteiger partial charge on any atom is 0.213 e. The first-order valence-corrected chi connectivity index (χ1v) is 9.42. The number of nitrogens with one attached hydrogen (secondary N) is 1. The Hall–Kier alpha value is -2.47. The number of methoxy groups -OCH3 is 1. The van der Waals surface area contributed by atoms with Crippen molar-refractivity contribution >= 4 is 29.0 Å². The normalized spacial score (nSPS) is 12.8. The summed E-state index contributed by atoms with van der Waals surface area (Å²) >= 11 is 1.72. The van der Waals surface area contributed by atoms with Gasteiger partial charge in [-0.25, -0.2) is 4.98 Å². The Morgan fingerprint density at radius 3 is 2.81 bits per heavy atom. The Bertz CT molecular complexity index is 747. The van der Waals surface area contributed by atoms with Gasteiger partial charge in [0.15, 0.2) is 0 Å². The average Bonchev–Trinajstić information content (AvgIpc) is 3.14. The van der Waals surface area contributed by atoms with E-state index in [-0.39, 0.29) is 0 Å². The van der Waals surface area contributed by atoms with Gasteiger partial charge in [-0.1, -0.05) is 6.08 Å². The lowest BCUT2D eigenvalue weighted by molar-refractivity contribution is 0.398. The number of allylic oxidation sites excluding steroid dienone is 2. The number of hydrogen-bond acceptors (Lipinski definition) is 6. The quantitative estimate of drug-likeness (QED) is 0.655. The van der Waals surface area contributed by atoms with Crippen molar-refractivity contribution in [3.05, 3.63) is 52.9 Å². The summed E-state index contributed by atoms with van der Waals surface area (Å²) in [5.74, 6) is 0.592. The summed E-state index contributed by atoms with van der Waals surface area (Å²) in [6.45, 7) is 4.03. The highest BCUT2D eigenvalue weighted by molar-refractivity contribution is 7.07. The van der Waals surface area contributed by atoms with Gasteiger partial charge >= 0.3 is 0 Å². The van der Waals surface area contributed by atoms with Crippen molar-refractivity contribution in [3.8, 4) is 5.88 Å². The summed E-state index contributed by atoms with van der Waals surface area (Å²) in [6, 6.07) is 5.89. The number of rotatable bonds is 9. The molecule has 2 aromatic heterocycles. The summed E-state index contributed by atoms with van der Waals surface area (Å²) in [5, 5.41) is 7.61. The number of pyridine rings is 1. The Balaban J connectivity index is 1.86. The van der Waals surface area contributed by atoms with Crippen LogP contribution in [0.3, 0.4) is 0 Å². The van der Waals surface area contributed by atoms with E-state index in [0.717, 1.165) is 17.8 Å². The largest absolute Gasteiger partial charge is 0.481 e. The van der Waals surface area contributed by atoms with Gasteiger partial charge in [-0.05, 0) is 54.8 Å². The number of aliphatic imine (C=N–C) groups is 2. The molecule has 0 spiro atoms. The molecule has 0 unspecified atom stereocenters. The van der Waals surface area contributed by atoms with Gasteiger partial charge in [0.05, 0.1) is 19.0 Å².